The number of rotatable bonds is 2. The second-order valence-electron chi connectivity index (χ2n) is 5.00. The van der Waals surface area contributed by atoms with E-state index in [1.165, 1.54) is 6.07 Å². The van der Waals surface area contributed by atoms with Crippen LogP contribution in [0.4, 0.5) is 4.39 Å². The second-order valence-corrected chi connectivity index (χ2v) is 5.00. The zero-order valence-corrected chi connectivity index (χ0v) is 10.7. The Labute approximate surface area is 112 Å². The van der Waals surface area contributed by atoms with Crippen molar-refractivity contribution in [3.63, 3.8) is 0 Å². The second kappa shape index (κ2) is 4.50. The highest BCUT2D eigenvalue weighted by molar-refractivity contribution is 5.65. The Kier molecular flexibility index (Phi) is 2.82. The normalized spacial score (nSPS) is 21.4. The van der Waals surface area contributed by atoms with E-state index in [2.05, 4.69) is 17.2 Å². The van der Waals surface area contributed by atoms with Crippen LogP contribution in [0.3, 0.4) is 0 Å². The van der Waals surface area contributed by atoms with Gasteiger partial charge in [0, 0.05) is 5.56 Å². The molecule has 0 aromatic heterocycles. The maximum atomic E-state index is 13.7. The monoisotopic (exact) mass is 254 g/mol. The van der Waals surface area contributed by atoms with Crippen LogP contribution in [0.5, 0.6) is 0 Å². The molecule has 0 radical (unpaired) electrons. The Morgan fingerprint density at radius 1 is 1.11 bits per heavy atom. The fourth-order valence-electron chi connectivity index (χ4n) is 2.35. The van der Waals surface area contributed by atoms with E-state index in [4.69, 9.17) is 0 Å². The summed E-state index contributed by atoms with van der Waals surface area (Å²) in [5.74, 6) is -0.191. The third kappa shape index (κ3) is 2.12. The van der Waals surface area contributed by atoms with Crippen molar-refractivity contribution in [3.8, 4) is 11.1 Å². The minimum atomic E-state index is -0.191. The fraction of sp³-hybridized carbons (Fsp3) is 0.188. The van der Waals surface area contributed by atoms with Crippen molar-refractivity contribution in [1.82, 2.24) is 5.32 Å². The van der Waals surface area contributed by atoms with Gasteiger partial charge in [0.1, 0.15) is 5.82 Å². The number of benzene rings is 2. The zero-order chi connectivity index (χ0) is 13.3. The molecule has 2 aromatic carbocycles. The molecule has 0 saturated carbocycles. The summed E-state index contributed by atoms with van der Waals surface area (Å²) < 4.78 is 13.7. The molecule has 1 aliphatic heterocycles. The number of hydrogen-bond donors (Lipinski definition) is 1. The summed E-state index contributed by atoms with van der Waals surface area (Å²) in [6.45, 7) is 2.84. The van der Waals surface area contributed by atoms with Gasteiger partial charge in [-0.3, -0.25) is 4.99 Å². The Balaban J connectivity index is 1.93. The number of halogens is 1. The molecule has 1 aliphatic rings. The molecule has 3 heteroatoms. The van der Waals surface area contributed by atoms with Crippen LogP contribution in [0.1, 0.15) is 12.5 Å². The molecule has 0 fully saturated rings. The van der Waals surface area contributed by atoms with Gasteiger partial charge in [-0.25, -0.2) is 4.39 Å². The van der Waals surface area contributed by atoms with E-state index >= 15 is 0 Å². The average molecular weight is 254 g/mol. The Morgan fingerprint density at radius 3 is 2.47 bits per heavy atom. The lowest BCUT2D eigenvalue weighted by molar-refractivity contribution is 0.483. The van der Waals surface area contributed by atoms with Crippen molar-refractivity contribution >= 4 is 6.34 Å². The lowest BCUT2D eigenvalue weighted by Crippen LogP contribution is -2.36. The number of nitrogens with zero attached hydrogens (tertiary/aromatic N) is 1. The quantitative estimate of drug-likeness (QED) is 0.873. The zero-order valence-electron chi connectivity index (χ0n) is 10.7. The van der Waals surface area contributed by atoms with Gasteiger partial charge < -0.3 is 5.32 Å². The molecule has 1 atom stereocenters. The van der Waals surface area contributed by atoms with Crippen molar-refractivity contribution in [3.05, 3.63) is 59.9 Å². The molecule has 2 nitrogen and oxygen atoms in total. The van der Waals surface area contributed by atoms with Gasteiger partial charge in [0.2, 0.25) is 0 Å². The number of hydrogen-bond acceptors (Lipinski definition) is 2. The van der Waals surface area contributed by atoms with Gasteiger partial charge in [-0.05, 0) is 24.1 Å². The molecule has 96 valence electrons. The van der Waals surface area contributed by atoms with Crippen molar-refractivity contribution < 1.29 is 4.39 Å². The highest BCUT2D eigenvalue weighted by atomic mass is 19.1. The van der Waals surface area contributed by atoms with Crippen molar-refractivity contribution in [2.75, 3.05) is 6.54 Å². The van der Waals surface area contributed by atoms with Gasteiger partial charge in [-0.15, -0.1) is 0 Å². The molecule has 0 spiro atoms. The van der Waals surface area contributed by atoms with Crippen molar-refractivity contribution in [1.29, 1.82) is 0 Å². The summed E-state index contributed by atoms with van der Waals surface area (Å²) in [6.07, 6.45) is 1.74. The largest absolute Gasteiger partial charge is 0.365 e. The molecule has 1 N–H and O–H groups in total. The fourth-order valence-corrected chi connectivity index (χ4v) is 2.35. The van der Waals surface area contributed by atoms with E-state index in [1.54, 1.807) is 18.5 Å². The summed E-state index contributed by atoms with van der Waals surface area (Å²) in [7, 11) is 0. The third-order valence-corrected chi connectivity index (χ3v) is 3.59. The Hall–Kier alpha value is -2.16. The molecule has 0 amide bonds. The third-order valence-electron chi connectivity index (χ3n) is 3.59. The van der Waals surface area contributed by atoms with Crippen LogP contribution >= 0.6 is 0 Å². The molecule has 0 bridgehead atoms. The van der Waals surface area contributed by atoms with E-state index in [9.17, 15) is 4.39 Å². The smallest absolute Gasteiger partial charge is 0.131 e. The van der Waals surface area contributed by atoms with Gasteiger partial charge in [0.25, 0.3) is 0 Å². The first-order chi connectivity index (χ1) is 9.19. The maximum absolute atomic E-state index is 13.7. The molecule has 1 unspecified atom stereocenters. The Bertz CT molecular complexity index is 609. The number of aliphatic imine (C=N–C) groups is 1. The maximum Gasteiger partial charge on any atom is 0.131 e. The molecular formula is C16H15FN2. The SMILES string of the molecule is CC1(c2ccc(-c3ccccc3F)cc2)CN=CN1. The topological polar surface area (TPSA) is 24.4 Å². The standard InChI is InChI=1S/C16H15FN2/c1-16(10-18-11-19-16)13-8-6-12(7-9-13)14-4-2-3-5-15(14)17/h2-9,11H,10H2,1H3,(H,18,19). The van der Waals surface area contributed by atoms with E-state index < -0.39 is 0 Å². The van der Waals surface area contributed by atoms with Crippen LogP contribution in [-0.4, -0.2) is 12.9 Å². The van der Waals surface area contributed by atoms with E-state index in [0.29, 0.717) is 5.56 Å². The number of nitrogens with one attached hydrogen (secondary N) is 1. The highest BCUT2D eigenvalue weighted by Gasteiger charge is 2.27. The summed E-state index contributed by atoms with van der Waals surface area (Å²) in [6, 6.07) is 14.8. The summed E-state index contributed by atoms with van der Waals surface area (Å²) in [4.78, 5) is 4.21. The minimum absolute atomic E-state index is 0.145. The van der Waals surface area contributed by atoms with Gasteiger partial charge in [0.15, 0.2) is 0 Å². The molecule has 2 aromatic rings. The van der Waals surface area contributed by atoms with Gasteiger partial charge >= 0.3 is 0 Å². The summed E-state index contributed by atoms with van der Waals surface area (Å²) >= 11 is 0. The van der Waals surface area contributed by atoms with E-state index in [0.717, 1.165) is 17.7 Å². The molecular weight excluding hydrogens is 239 g/mol. The molecule has 0 aliphatic carbocycles. The minimum Gasteiger partial charge on any atom is -0.365 e. The molecule has 1 heterocycles. The van der Waals surface area contributed by atoms with Crippen LogP contribution in [0.2, 0.25) is 0 Å². The van der Waals surface area contributed by atoms with Crippen LogP contribution in [0.25, 0.3) is 11.1 Å². The molecule has 19 heavy (non-hydrogen) atoms. The predicted octanol–water partition coefficient (Wildman–Crippen LogP) is 3.34. The van der Waals surface area contributed by atoms with Gasteiger partial charge in [0.05, 0.1) is 18.4 Å². The molecule has 0 saturated heterocycles. The first-order valence-corrected chi connectivity index (χ1v) is 6.30. The lowest BCUT2D eigenvalue weighted by atomic mass is 9.91. The van der Waals surface area contributed by atoms with Gasteiger partial charge in [-0.1, -0.05) is 42.5 Å². The first-order valence-electron chi connectivity index (χ1n) is 6.30. The van der Waals surface area contributed by atoms with Crippen molar-refractivity contribution in [2.24, 2.45) is 4.99 Å². The van der Waals surface area contributed by atoms with Gasteiger partial charge in [-0.2, -0.15) is 0 Å². The Morgan fingerprint density at radius 2 is 1.84 bits per heavy atom. The lowest BCUT2D eigenvalue weighted by Gasteiger charge is -2.24. The molecule has 3 rings (SSSR count). The van der Waals surface area contributed by atoms with Crippen LogP contribution in [0, 0.1) is 5.82 Å². The summed E-state index contributed by atoms with van der Waals surface area (Å²) in [5, 5.41) is 3.25. The average Bonchev–Trinajstić information content (AvgIpc) is 2.88. The van der Waals surface area contributed by atoms with E-state index in [1.807, 2.05) is 30.3 Å². The van der Waals surface area contributed by atoms with Crippen LogP contribution < -0.4 is 5.32 Å². The van der Waals surface area contributed by atoms with Crippen LogP contribution in [-0.2, 0) is 5.54 Å². The van der Waals surface area contributed by atoms with Crippen molar-refractivity contribution in [2.45, 2.75) is 12.5 Å². The predicted molar refractivity (Wildman–Crippen MR) is 75.7 cm³/mol. The highest BCUT2D eigenvalue weighted by Crippen LogP contribution is 2.27. The van der Waals surface area contributed by atoms with Crippen LogP contribution in [0.15, 0.2) is 53.5 Å². The summed E-state index contributed by atoms with van der Waals surface area (Å²) in [5.41, 5.74) is 2.54. The van der Waals surface area contributed by atoms with E-state index in [-0.39, 0.29) is 11.4 Å². The first kappa shape index (κ1) is 11.9.